The maximum Gasteiger partial charge on any atom is 0.0726 e. The quantitative estimate of drug-likeness (QED) is 0.927. The average molecular weight is 271 g/mol. The highest BCUT2D eigenvalue weighted by atomic mass is 16.5. The van der Waals surface area contributed by atoms with Crippen molar-refractivity contribution >= 4 is 16.6 Å². The largest absolute Gasteiger partial charge is 0.398 e. The van der Waals surface area contributed by atoms with Crippen molar-refractivity contribution in [3.8, 4) is 0 Å². The number of benzene rings is 1. The molecule has 2 heterocycles. The molecule has 1 fully saturated rings. The van der Waals surface area contributed by atoms with Gasteiger partial charge >= 0.3 is 0 Å². The molecule has 4 heteroatoms. The van der Waals surface area contributed by atoms with Crippen molar-refractivity contribution < 1.29 is 4.74 Å². The van der Waals surface area contributed by atoms with Crippen molar-refractivity contribution in [3.05, 3.63) is 36.0 Å². The Bertz CT molecular complexity index is 599. The van der Waals surface area contributed by atoms with Crippen LogP contribution in [0.25, 0.3) is 10.9 Å². The molecule has 20 heavy (non-hydrogen) atoms. The lowest BCUT2D eigenvalue weighted by Gasteiger charge is -2.16. The number of hydrogen-bond donors (Lipinski definition) is 1. The number of rotatable bonds is 4. The summed E-state index contributed by atoms with van der Waals surface area (Å²) in [6.07, 6.45) is 1.21. The second kappa shape index (κ2) is 5.77. The molecule has 4 nitrogen and oxygen atoms in total. The van der Waals surface area contributed by atoms with Crippen LogP contribution in [-0.2, 0) is 11.3 Å². The summed E-state index contributed by atoms with van der Waals surface area (Å²) in [6, 6.07) is 10.0. The molecule has 0 saturated carbocycles. The summed E-state index contributed by atoms with van der Waals surface area (Å²) < 4.78 is 5.24. The van der Waals surface area contributed by atoms with Crippen LogP contribution in [0.3, 0.4) is 0 Å². The standard InChI is InChI=1S/C16H21N3O/c1-20-11-12-6-7-19(9-12)10-13-8-15(17)14-4-2-3-5-16(14)18-13/h2-5,8,12H,6-7,9-11H2,1H3,(H2,17,18). The van der Waals surface area contributed by atoms with Gasteiger partial charge in [-0.2, -0.15) is 0 Å². The number of para-hydroxylation sites is 1. The number of hydrogen-bond acceptors (Lipinski definition) is 4. The van der Waals surface area contributed by atoms with Crippen molar-refractivity contribution in [2.24, 2.45) is 5.92 Å². The lowest BCUT2D eigenvalue weighted by molar-refractivity contribution is 0.152. The monoisotopic (exact) mass is 271 g/mol. The molecule has 0 radical (unpaired) electrons. The molecule has 2 N–H and O–H groups in total. The fourth-order valence-electron chi connectivity index (χ4n) is 3.00. The van der Waals surface area contributed by atoms with Gasteiger partial charge in [0.05, 0.1) is 17.8 Å². The van der Waals surface area contributed by atoms with E-state index in [0.717, 1.165) is 48.5 Å². The zero-order valence-corrected chi connectivity index (χ0v) is 11.9. The van der Waals surface area contributed by atoms with Gasteiger partial charge in [-0.25, -0.2) is 0 Å². The Morgan fingerprint density at radius 3 is 3.10 bits per heavy atom. The molecule has 106 valence electrons. The molecule has 1 aliphatic heterocycles. The smallest absolute Gasteiger partial charge is 0.0726 e. The number of likely N-dealkylation sites (tertiary alicyclic amines) is 1. The van der Waals surface area contributed by atoms with Crippen LogP contribution in [0.2, 0.25) is 0 Å². The van der Waals surface area contributed by atoms with E-state index in [1.807, 2.05) is 30.3 Å². The van der Waals surface area contributed by atoms with Crippen LogP contribution in [0.5, 0.6) is 0 Å². The molecule has 1 saturated heterocycles. The summed E-state index contributed by atoms with van der Waals surface area (Å²) >= 11 is 0. The van der Waals surface area contributed by atoms with E-state index in [0.29, 0.717) is 5.92 Å². The van der Waals surface area contributed by atoms with Crippen molar-refractivity contribution in [1.82, 2.24) is 9.88 Å². The third-order valence-electron chi connectivity index (χ3n) is 3.96. The van der Waals surface area contributed by atoms with E-state index in [9.17, 15) is 0 Å². The molecule has 0 bridgehead atoms. The summed E-state index contributed by atoms with van der Waals surface area (Å²) in [7, 11) is 1.77. The zero-order chi connectivity index (χ0) is 13.9. The Morgan fingerprint density at radius 2 is 2.25 bits per heavy atom. The number of anilines is 1. The normalized spacial score (nSPS) is 19.8. The first-order chi connectivity index (χ1) is 9.76. The molecule has 3 rings (SSSR count). The SMILES string of the molecule is COCC1CCN(Cc2cc(N)c3ccccc3n2)C1. The number of ether oxygens (including phenoxy) is 1. The van der Waals surface area contributed by atoms with Crippen molar-refractivity contribution in [2.45, 2.75) is 13.0 Å². The Morgan fingerprint density at radius 1 is 1.40 bits per heavy atom. The molecule has 2 aromatic rings. The molecule has 1 aromatic carbocycles. The lowest BCUT2D eigenvalue weighted by atomic mass is 10.1. The number of pyridine rings is 1. The molecule has 0 aliphatic carbocycles. The van der Waals surface area contributed by atoms with Gasteiger partial charge in [0.2, 0.25) is 0 Å². The Hall–Kier alpha value is -1.65. The molecular weight excluding hydrogens is 250 g/mol. The van der Waals surface area contributed by atoms with Crippen LogP contribution in [-0.4, -0.2) is 36.7 Å². The van der Waals surface area contributed by atoms with Gasteiger partial charge in [-0.3, -0.25) is 9.88 Å². The first-order valence-corrected chi connectivity index (χ1v) is 7.11. The molecule has 1 atom stereocenters. The highest BCUT2D eigenvalue weighted by Gasteiger charge is 2.22. The Kier molecular flexibility index (Phi) is 3.85. The van der Waals surface area contributed by atoms with Gasteiger partial charge in [0.15, 0.2) is 0 Å². The number of methoxy groups -OCH3 is 1. The topological polar surface area (TPSA) is 51.4 Å². The third kappa shape index (κ3) is 2.76. The second-order valence-electron chi connectivity index (χ2n) is 5.57. The number of fused-ring (bicyclic) bond motifs is 1. The third-order valence-corrected chi connectivity index (χ3v) is 3.96. The van der Waals surface area contributed by atoms with Gasteiger partial charge in [-0.15, -0.1) is 0 Å². The maximum atomic E-state index is 6.13. The first-order valence-electron chi connectivity index (χ1n) is 7.11. The van der Waals surface area contributed by atoms with Crippen LogP contribution in [0, 0.1) is 5.92 Å². The van der Waals surface area contributed by atoms with Gasteiger partial charge in [-0.1, -0.05) is 18.2 Å². The molecule has 0 spiro atoms. The minimum atomic E-state index is 0.651. The summed E-state index contributed by atoms with van der Waals surface area (Å²) in [6.45, 7) is 3.92. The van der Waals surface area contributed by atoms with Crippen LogP contribution in [0.1, 0.15) is 12.1 Å². The second-order valence-corrected chi connectivity index (χ2v) is 5.57. The van der Waals surface area contributed by atoms with Gasteiger partial charge in [-0.05, 0) is 31.0 Å². The molecule has 1 aromatic heterocycles. The summed E-state index contributed by atoms with van der Waals surface area (Å²) in [5.74, 6) is 0.651. The summed E-state index contributed by atoms with van der Waals surface area (Å²) in [5.41, 5.74) is 8.98. The van der Waals surface area contributed by atoms with Crippen molar-refractivity contribution in [2.75, 3.05) is 32.5 Å². The molecule has 1 unspecified atom stereocenters. The van der Waals surface area contributed by atoms with E-state index >= 15 is 0 Å². The minimum Gasteiger partial charge on any atom is -0.398 e. The summed E-state index contributed by atoms with van der Waals surface area (Å²) in [5, 5.41) is 1.04. The van der Waals surface area contributed by atoms with E-state index in [4.69, 9.17) is 15.5 Å². The average Bonchev–Trinajstić information content (AvgIpc) is 2.87. The minimum absolute atomic E-state index is 0.651. The maximum absolute atomic E-state index is 6.13. The Labute approximate surface area is 119 Å². The molecule has 0 amide bonds. The number of aromatic nitrogens is 1. The fourth-order valence-corrected chi connectivity index (χ4v) is 3.00. The van der Waals surface area contributed by atoms with E-state index < -0.39 is 0 Å². The zero-order valence-electron chi connectivity index (χ0n) is 11.9. The molecule has 1 aliphatic rings. The van der Waals surface area contributed by atoms with Crippen molar-refractivity contribution in [1.29, 1.82) is 0 Å². The van der Waals surface area contributed by atoms with Crippen LogP contribution >= 0.6 is 0 Å². The van der Waals surface area contributed by atoms with E-state index in [-0.39, 0.29) is 0 Å². The summed E-state index contributed by atoms with van der Waals surface area (Å²) in [4.78, 5) is 7.15. The van der Waals surface area contributed by atoms with Gasteiger partial charge in [0, 0.05) is 31.3 Å². The fraction of sp³-hybridized carbons (Fsp3) is 0.438. The predicted molar refractivity (Wildman–Crippen MR) is 81.4 cm³/mol. The number of nitrogens with zero attached hydrogens (tertiary/aromatic N) is 2. The van der Waals surface area contributed by atoms with Crippen LogP contribution < -0.4 is 5.73 Å². The first kappa shape index (κ1) is 13.3. The van der Waals surface area contributed by atoms with Gasteiger partial charge < -0.3 is 10.5 Å². The Balaban J connectivity index is 1.75. The lowest BCUT2D eigenvalue weighted by Crippen LogP contribution is -2.22. The van der Waals surface area contributed by atoms with Gasteiger partial charge in [0.1, 0.15) is 0 Å². The van der Waals surface area contributed by atoms with E-state index in [1.165, 1.54) is 6.42 Å². The van der Waals surface area contributed by atoms with Gasteiger partial charge in [0.25, 0.3) is 0 Å². The van der Waals surface area contributed by atoms with Crippen molar-refractivity contribution in [3.63, 3.8) is 0 Å². The van der Waals surface area contributed by atoms with E-state index in [2.05, 4.69) is 4.90 Å². The number of nitrogens with two attached hydrogens (primary N) is 1. The van der Waals surface area contributed by atoms with E-state index in [1.54, 1.807) is 7.11 Å². The molecular formula is C16H21N3O. The predicted octanol–water partition coefficient (Wildman–Crippen LogP) is 2.29. The number of nitrogen functional groups attached to an aromatic ring is 1. The van der Waals surface area contributed by atoms with Crippen LogP contribution in [0.4, 0.5) is 5.69 Å². The highest BCUT2D eigenvalue weighted by molar-refractivity contribution is 5.90. The van der Waals surface area contributed by atoms with Crippen LogP contribution in [0.15, 0.2) is 30.3 Å². The highest BCUT2D eigenvalue weighted by Crippen LogP contribution is 2.23.